The van der Waals surface area contributed by atoms with Crippen LogP contribution in [0.3, 0.4) is 0 Å². The Morgan fingerprint density at radius 1 is 1.20 bits per heavy atom. The van der Waals surface area contributed by atoms with Gasteiger partial charge in [-0.15, -0.1) is 11.8 Å². The average Bonchev–Trinajstić information content (AvgIpc) is 2.99. The Morgan fingerprint density at radius 3 is 2.84 bits per heavy atom. The minimum Gasteiger partial charge on any atom is -0.355 e. The number of nitrogens with one attached hydrogen (secondary N) is 2. The maximum Gasteiger partial charge on any atom is 0.230 e. The molecule has 0 atom stereocenters. The van der Waals surface area contributed by atoms with Crippen molar-refractivity contribution in [1.29, 1.82) is 0 Å². The summed E-state index contributed by atoms with van der Waals surface area (Å²) in [5.41, 5.74) is 2.93. The summed E-state index contributed by atoms with van der Waals surface area (Å²) in [4.78, 5) is 19.7. The molecule has 0 aliphatic carbocycles. The van der Waals surface area contributed by atoms with E-state index in [4.69, 9.17) is 23.2 Å². The van der Waals surface area contributed by atoms with Crippen LogP contribution in [0.5, 0.6) is 0 Å². The van der Waals surface area contributed by atoms with Crippen LogP contribution in [0.15, 0.2) is 42.5 Å². The predicted octanol–water partition coefficient (Wildman–Crippen LogP) is 4.46. The van der Waals surface area contributed by atoms with Crippen LogP contribution in [0.2, 0.25) is 10.0 Å². The van der Waals surface area contributed by atoms with E-state index in [0.29, 0.717) is 34.5 Å². The Labute approximate surface area is 160 Å². The Morgan fingerprint density at radius 2 is 2.04 bits per heavy atom. The Balaban J connectivity index is 1.39. The first-order chi connectivity index (χ1) is 12.1. The van der Waals surface area contributed by atoms with Crippen LogP contribution < -0.4 is 5.32 Å². The van der Waals surface area contributed by atoms with Gasteiger partial charge in [-0.3, -0.25) is 4.79 Å². The molecule has 0 aliphatic heterocycles. The van der Waals surface area contributed by atoms with E-state index in [1.54, 1.807) is 12.1 Å². The summed E-state index contributed by atoms with van der Waals surface area (Å²) in [6.07, 6.45) is 0.675. The second-order valence-corrected chi connectivity index (χ2v) is 7.36. The van der Waals surface area contributed by atoms with E-state index in [-0.39, 0.29) is 5.91 Å². The molecule has 4 nitrogen and oxygen atoms in total. The number of carbonyl (C=O) groups is 1. The molecule has 0 saturated heterocycles. The van der Waals surface area contributed by atoms with Gasteiger partial charge in [-0.05, 0) is 29.8 Å². The molecule has 0 aliphatic rings. The number of para-hydroxylation sites is 2. The molecule has 7 heteroatoms. The van der Waals surface area contributed by atoms with Crippen LogP contribution in [0.4, 0.5) is 0 Å². The monoisotopic (exact) mass is 393 g/mol. The number of rotatable bonds is 7. The van der Waals surface area contributed by atoms with Gasteiger partial charge in [0.2, 0.25) is 5.91 Å². The largest absolute Gasteiger partial charge is 0.355 e. The van der Waals surface area contributed by atoms with Crippen LogP contribution >= 0.6 is 35.0 Å². The van der Waals surface area contributed by atoms with Crippen LogP contribution in [0.1, 0.15) is 11.4 Å². The van der Waals surface area contributed by atoms with E-state index in [1.807, 2.05) is 30.3 Å². The highest BCUT2D eigenvalue weighted by atomic mass is 35.5. The van der Waals surface area contributed by atoms with Crippen LogP contribution in [-0.2, 0) is 17.0 Å². The van der Waals surface area contributed by atoms with Gasteiger partial charge >= 0.3 is 0 Å². The van der Waals surface area contributed by atoms with Crippen molar-refractivity contribution in [2.75, 3.05) is 12.3 Å². The lowest BCUT2D eigenvalue weighted by Gasteiger charge is -2.06. The molecule has 1 heterocycles. The molecule has 130 valence electrons. The maximum absolute atomic E-state index is 11.9. The minimum absolute atomic E-state index is 0.00574. The number of imidazole rings is 1. The molecule has 1 aromatic heterocycles. The summed E-state index contributed by atoms with van der Waals surface area (Å²) in [5, 5.41) is 4.15. The normalized spacial score (nSPS) is 11.0. The van der Waals surface area contributed by atoms with Gasteiger partial charge in [0.25, 0.3) is 0 Å². The lowest BCUT2D eigenvalue weighted by atomic mass is 10.2. The second kappa shape index (κ2) is 8.61. The second-order valence-electron chi connectivity index (χ2n) is 5.53. The first-order valence-electron chi connectivity index (χ1n) is 7.84. The molecule has 1 amide bonds. The first-order valence-corrected chi connectivity index (χ1v) is 9.75. The summed E-state index contributed by atoms with van der Waals surface area (Å²) in [6.45, 7) is 0.556. The summed E-state index contributed by atoms with van der Waals surface area (Å²) in [7, 11) is 0. The fourth-order valence-electron chi connectivity index (χ4n) is 2.39. The minimum atomic E-state index is 0.00574. The van der Waals surface area contributed by atoms with Gasteiger partial charge in [0.15, 0.2) is 0 Å². The van der Waals surface area contributed by atoms with E-state index in [0.717, 1.165) is 22.4 Å². The predicted molar refractivity (Wildman–Crippen MR) is 105 cm³/mol. The number of halogens is 2. The number of benzene rings is 2. The van der Waals surface area contributed by atoms with Crippen molar-refractivity contribution in [3.8, 4) is 0 Å². The van der Waals surface area contributed by atoms with Gasteiger partial charge in [0.1, 0.15) is 5.82 Å². The molecule has 3 aromatic rings. The van der Waals surface area contributed by atoms with Crippen molar-refractivity contribution in [1.82, 2.24) is 15.3 Å². The van der Waals surface area contributed by atoms with Gasteiger partial charge in [-0.2, -0.15) is 0 Å². The summed E-state index contributed by atoms with van der Waals surface area (Å²) in [6, 6.07) is 13.3. The summed E-state index contributed by atoms with van der Waals surface area (Å²) in [5.74, 6) is 1.94. The lowest BCUT2D eigenvalue weighted by Crippen LogP contribution is -2.27. The summed E-state index contributed by atoms with van der Waals surface area (Å²) >= 11 is 13.5. The third kappa shape index (κ3) is 5.14. The van der Waals surface area contributed by atoms with Gasteiger partial charge in [0, 0.05) is 28.8 Å². The number of nitrogens with zero attached hydrogens (tertiary/aromatic N) is 1. The van der Waals surface area contributed by atoms with E-state index in [9.17, 15) is 4.79 Å². The zero-order chi connectivity index (χ0) is 17.6. The molecule has 0 saturated carbocycles. The third-order valence-electron chi connectivity index (χ3n) is 3.63. The van der Waals surface area contributed by atoms with Crippen LogP contribution in [0.25, 0.3) is 11.0 Å². The number of aromatic amines is 1. The fraction of sp³-hybridized carbons (Fsp3) is 0.222. The quantitative estimate of drug-likeness (QED) is 0.622. The number of hydrogen-bond acceptors (Lipinski definition) is 3. The number of H-pyrrole nitrogens is 1. The molecular weight excluding hydrogens is 377 g/mol. The van der Waals surface area contributed by atoms with Crippen molar-refractivity contribution in [3.63, 3.8) is 0 Å². The molecule has 2 aromatic carbocycles. The number of aromatic nitrogens is 2. The molecule has 0 fully saturated rings. The molecule has 0 spiro atoms. The molecular formula is C18H17Cl2N3OS. The maximum atomic E-state index is 11.9. The number of hydrogen-bond donors (Lipinski definition) is 2. The number of fused-ring (bicyclic) bond motifs is 1. The van der Waals surface area contributed by atoms with Crippen molar-refractivity contribution in [3.05, 3.63) is 63.9 Å². The number of amides is 1. The van der Waals surface area contributed by atoms with Crippen LogP contribution in [-0.4, -0.2) is 28.2 Å². The van der Waals surface area contributed by atoms with Crippen molar-refractivity contribution in [2.24, 2.45) is 0 Å². The SMILES string of the molecule is O=C(CSCc1ccc(Cl)cc1Cl)NCCc1nc2ccccc2[nH]1. The molecule has 2 N–H and O–H groups in total. The smallest absolute Gasteiger partial charge is 0.230 e. The van der Waals surface area contributed by atoms with Crippen molar-refractivity contribution >= 4 is 51.9 Å². The average molecular weight is 394 g/mol. The highest BCUT2D eigenvalue weighted by Crippen LogP contribution is 2.24. The standard InChI is InChI=1S/C18H17Cl2N3OS/c19-13-6-5-12(14(20)9-13)10-25-11-18(24)21-8-7-17-22-15-3-1-2-4-16(15)23-17/h1-6,9H,7-8,10-11H2,(H,21,24)(H,22,23). The Hall–Kier alpha value is -1.69. The Kier molecular flexibility index (Phi) is 6.24. The van der Waals surface area contributed by atoms with Gasteiger partial charge < -0.3 is 10.3 Å². The van der Waals surface area contributed by atoms with Crippen molar-refractivity contribution < 1.29 is 4.79 Å². The first kappa shape index (κ1) is 18.1. The zero-order valence-electron chi connectivity index (χ0n) is 13.4. The highest BCUT2D eigenvalue weighted by molar-refractivity contribution is 7.99. The zero-order valence-corrected chi connectivity index (χ0v) is 15.7. The van der Waals surface area contributed by atoms with Gasteiger partial charge in [-0.25, -0.2) is 4.98 Å². The van der Waals surface area contributed by atoms with Gasteiger partial charge in [0.05, 0.1) is 16.8 Å². The highest BCUT2D eigenvalue weighted by Gasteiger charge is 2.06. The van der Waals surface area contributed by atoms with Crippen LogP contribution in [0, 0.1) is 0 Å². The summed E-state index contributed by atoms with van der Waals surface area (Å²) < 4.78 is 0. The van der Waals surface area contributed by atoms with E-state index in [1.165, 1.54) is 11.8 Å². The topological polar surface area (TPSA) is 57.8 Å². The lowest BCUT2D eigenvalue weighted by molar-refractivity contribution is -0.118. The molecule has 0 radical (unpaired) electrons. The van der Waals surface area contributed by atoms with E-state index >= 15 is 0 Å². The molecule has 25 heavy (non-hydrogen) atoms. The number of thioether (sulfide) groups is 1. The van der Waals surface area contributed by atoms with E-state index < -0.39 is 0 Å². The fourth-order valence-corrected chi connectivity index (χ4v) is 3.80. The molecule has 3 rings (SSSR count). The van der Waals surface area contributed by atoms with Gasteiger partial charge in [-0.1, -0.05) is 41.4 Å². The third-order valence-corrected chi connectivity index (χ3v) is 5.20. The van der Waals surface area contributed by atoms with E-state index in [2.05, 4.69) is 15.3 Å². The Bertz CT molecular complexity index is 849. The number of carbonyl (C=O) groups excluding carboxylic acids is 1. The molecule has 0 unspecified atom stereocenters. The van der Waals surface area contributed by atoms with Crippen molar-refractivity contribution in [2.45, 2.75) is 12.2 Å². The molecule has 0 bridgehead atoms.